The average Bonchev–Trinajstić information content (AvgIpc) is 2.71. The van der Waals surface area contributed by atoms with Crippen molar-refractivity contribution >= 4 is 44.8 Å². The molecule has 0 radical (unpaired) electrons. The summed E-state index contributed by atoms with van der Waals surface area (Å²) in [6, 6.07) is 9.02. The Kier molecular flexibility index (Phi) is 7.05. The van der Waals surface area contributed by atoms with Gasteiger partial charge < -0.3 is 10.1 Å². The summed E-state index contributed by atoms with van der Waals surface area (Å²) in [7, 11) is -2.46. The lowest BCUT2D eigenvalue weighted by atomic mass is 9.96. The van der Waals surface area contributed by atoms with Crippen LogP contribution in [-0.4, -0.2) is 27.5 Å². The average molecular weight is 457 g/mol. The predicted molar refractivity (Wildman–Crippen MR) is 115 cm³/mol. The highest BCUT2D eigenvalue weighted by atomic mass is 35.5. The number of methoxy groups -OCH3 is 1. The fourth-order valence-corrected chi connectivity index (χ4v) is 5.17. The Hall–Kier alpha value is -1.80. The van der Waals surface area contributed by atoms with Crippen LogP contribution in [0.2, 0.25) is 10.0 Å². The van der Waals surface area contributed by atoms with Crippen LogP contribution in [-0.2, 0) is 10.0 Å². The van der Waals surface area contributed by atoms with Crippen LogP contribution in [0.3, 0.4) is 0 Å². The zero-order chi connectivity index (χ0) is 21.0. The summed E-state index contributed by atoms with van der Waals surface area (Å²) in [6.45, 7) is 0. The van der Waals surface area contributed by atoms with Gasteiger partial charge in [0.05, 0.1) is 22.8 Å². The number of benzene rings is 2. The minimum atomic E-state index is -3.85. The van der Waals surface area contributed by atoms with Crippen LogP contribution >= 0.6 is 23.2 Å². The van der Waals surface area contributed by atoms with Gasteiger partial charge in [0.15, 0.2) is 0 Å². The molecule has 29 heavy (non-hydrogen) atoms. The normalized spacial score (nSPS) is 15.1. The van der Waals surface area contributed by atoms with E-state index in [-0.39, 0.29) is 27.3 Å². The van der Waals surface area contributed by atoms with E-state index in [9.17, 15) is 13.2 Å². The number of nitrogens with one attached hydrogen (secondary N) is 2. The summed E-state index contributed by atoms with van der Waals surface area (Å²) in [5.74, 6) is -0.336. The first-order chi connectivity index (χ1) is 13.8. The van der Waals surface area contributed by atoms with Gasteiger partial charge in [-0.15, -0.1) is 0 Å². The first-order valence-electron chi connectivity index (χ1n) is 9.27. The summed E-state index contributed by atoms with van der Waals surface area (Å²) in [5.41, 5.74) is 0.496. The summed E-state index contributed by atoms with van der Waals surface area (Å²) < 4.78 is 33.9. The Morgan fingerprint density at radius 1 is 1.10 bits per heavy atom. The molecule has 0 saturated heterocycles. The summed E-state index contributed by atoms with van der Waals surface area (Å²) in [4.78, 5) is 12.6. The van der Waals surface area contributed by atoms with Crippen molar-refractivity contribution in [1.29, 1.82) is 0 Å². The molecule has 156 valence electrons. The highest BCUT2D eigenvalue weighted by Crippen LogP contribution is 2.31. The van der Waals surface area contributed by atoms with Crippen molar-refractivity contribution in [3.63, 3.8) is 0 Å². The molecule has 0 aromatic heterocycles. The van der Waals surface area contributed by atoms with Gasteiger partial charge in [0, 0.05) is 11.6 Å². The number of hydrogen-bond donors (Lipinski definition) is 2. The highest BCUT2D eigenvalue weighted by Gasteiger charge is 2.26. The Morgan fingerprint density at radius 3 is 2.52 bits per heavy atom. The van der Waals surface area contributed by atoms with E-state index < -0.39 is 15.9 Å². The van der Waals surface area contributed by atoms with Crippen molar-refractivity contribution in [2.24, 2.45) is 0 Å². The van der Waals surface area contributed by atoms with Crippen molar-refractivity contribution in [2.75, 3.05) is 12.4 Å². The van der Waals surface area contributed by atoms with Gasteiger partial charge in [0.2, 0.25) is 10.0 Å². The number of halogens is 2. The SMILES string of the molecule is COc1ccc(C(=O)Nc2cccc(Cl)c2Cl)cc1S(=O)(=O)NC1CCCCC1. The first kappa shape index (κ1) is 21.9. The molecule has 1 saturated carbocycles. The van der Waals surface area contributed by atoms with Crippen molar-refractivity contribution in [3.05, 3.63) is 52.0 Å². The third-order valence-corrected chi connectivity index (χ3v) is 7.20. The molecule has 9 heteroatoms. The zero-order valence-corrected chi connectivity index (χ0v) is 18.2. The molecule has 2 aromatic rings. The summed E-state index contributed by atoms with van der Waals surface area (Å²) >= 11 is 12.1. The number of rotatable bonds is 6. The second-order valence-corrected chi connectivity index (χ2v) is 9.34. The fourth-order valence-electron chi connectivity index (χ4n) is 3.33. The number of carbonyl (C=O) groups excluding carboxylic acids is 1. The number of hydrogen-bond acceptors (Lipinski definition) is 4. The molecule has 0 unspecified atom stereocenters. The third-order valence-electron chi connectivity index (χ3n) is 4.84. The summed E-state index contributed by atoms with van der Waals surface area (Å²) in [5, 5.41) is 3.17. The molecule has 3 rings (SSSR count). The lowest BCUT2D eigenvalue weighted by Gasteiger charge is -2.23. The quantitative estimate of drug-likeness (QED) is 0.649. The van der Waals surface area contributed by atoms with Crippen LogP contribution in [0.25, 0.3) is 0 Å². The van der Waals surface area contributed by atoms with Crippen LogP contribution in [0.1, 0.15) is 42.5 Å². The van der Waals surface area contributed by atoms with Crippen LogP contribution in [0.15, 0.2) is 41.3 Å². The van der Waals surface area contributed by atoms with Crippen LogP contribution in [0, 0.1) is 0 Å². The van der Waals surface area contributed by atoms with E-state index in [4.69, 9.17) is 27.9 Å². The third kappa shape index (κ3) is 5.22. The standard InChI is InChI=1S/C20H22Cl2N2O4S/c1-28-17-11-10-13(20(25)23-16-9-5-8-15(21)19(16)22)12-18(17)29(26,27)24-14-6-3-2-4-7-14/h5,8-12,14,24H,2-4,6-7H2,1H3,(H,23,25). The Bertz CT molecular complexity index is 1010. The molecule has 0 spiro atoms. The highest BCUT2D eigenvalue weighted by molar-refractivity contribution is 7.89. The van der Waals surface area contributed by atoms with E-state index >= 15 is 0 Å². The molecule has 2 aromatic carbocycles. The molecule has 6 nitrogen and oxygen atoms in total. The van der Waals surface area contributed by atoms with Crippen molar-refractivity contribution in [1.82, 2.24) is 4.72 Å². The Labute approximate surface area is 180 Å². The topological polar surface area (TPSA) is 84.5 Å². The molecular formula is C20H22Cl2N2O4S. The Balaban J connectivity index is 1.87. The van der Waals surface area contributed by atoms with Gasteiger partial charge in [0.1, 0.15) is 10.6 Å². The molecule has 0 atom stereocenters. The molecule has 1 amide bonds. The number of sulfonamides is 1. The number of amides is 1. The van der Waals surface area contributed by atoms with Crippen LogP contribution < -0.4 is 14.8 Å². The van der Waals surface area contributed by atoms with Gasteiger partial charge in [-0.1, -0.05) is 48.5 Å². The van der Waals surface area contributed by atoms with E-state index in [1.807, 2.05) is 0 Å². The van der Waals surface area contributed by atoms with Gasteiger partial charge in [-0.3, -0.25) is 4.79 Å². The van der Waals surface area contributed by atoms with Crippen LogP contribution in [0.5, 0.6) is 5.75 Å². The minimum Gasteiger partial charge on any atom is -0.495 e. The van der Waals surface area contributed by atoms with Gasteiger partial charge in [-0.25, -0.2) is 13.1 Å². The van der Waals surface area contributed by atoms with E-state index in [1.165, 1.54) is 25.3 Å². The van der Waals surface area contributed by atoms with Crippen molar-refractivity contribution in [2.45, 2.75) is 43.0 Å². The maximum absolute atomic E-state index is 13.0. The van der Waals surface area contributed by atoms with Gasteiger partial charge in [-0.2, -0.15) is 0 Å². The molecule has 0 bridgehead atoms. The lowest BCUT2D eigenvalue weighted by molar-refractivity contribution is 0.102. The van der Waals surface area contributed by atoms with E-state index in [0.29, 0.717) is 10.7 Å². The van der Waals surface area contributed by atoms with Gasteiger partial charge >= 0.3 is 0 Å². The second-order valence-electron chi connectivity index (χ2n) is 6.88. The largest absolute Gasteiger partial charge is 0.495 e. The van der Waals surface area contributed by atoms with Crippen molar-refractivity contribution < 1.29 is 17.9 Å². The monoisotopic (exact) mass is 456 g/mol. The first-order valence-corrected chi connectivity index (χ1v) is 11.5. The summed E-state index contributed by atoms with van der Waals surface area (Å²) in [6.07, 6.45) is 4.70. The number of carbonyl (C=O) groups is 1. The Morgan fingerprint density at radius 2 is 1.83 bits per heavy atom. The lowest BCUT2D eigenvalue weighted by Crippen LogP contribution is -2.36. The van der Waals surface area contributed by atoms with Crippen molar-refractivity contribution in [3.8, 4) is 5.75 Å². The smallest absolute Gasteiger partial charge is 0.255 e. The molecule has 1 fully saturated rings. The second kappa shape index (κ2) is 9.34. The van der Waals surface area contributed by atoms with E-state index in [0.717, 1.165) is 32.1 Å². The van der Waals surface area contributed by atoms with E-state index in [2.05, 4.69) is 10.0 Å². The molecule has 0 aliphatic heterocycles. The molecule has 1 aliphatic carbocycles. The predicted octanol–water partition coefficient (Wildman–Crippen LogP) is 4.87. The maximum atomic E-state index is 13.0. The number of ether oxygens (including phenoxy) is 1. The molecular weight excluding hydrogens is 435 g/mol. The fraction of sp³-hybridized carbons (Fsp3) is 0.350. The van der Waals surface area contributed by atoms with Gasteiger partial charge in [-0.05, 0) is 43.2 Å². The minimum absolute atomic E-state index is 0.0737. The van der Waals surface area contributed by atoms with Crippen LogP contribution in [0.4, 0.5) is 5.69 Å². The van der Waals surface area contributed by atoms with E-state index in [1.54, 1.807) is 18.2 Å². The molecule has 1 aliphatic rings. The maximum Gasteiger partial charge on any atom is 0.255 e. The zero-order valence-electron chi connectivity index (χ0n) is 15.9. The molecule has 2 N–H and O–H groups in total. The molecule has 0 heterocycles. The number of anilines is 1. The van der Waals surface area contributed by atoms with Gasteiger partial charge in [0.25, 0.3) is 5.91 Å².